The van der Waals surface area contributed by atoms with E-state index in [1.165, 1.54) is 23.8 Å². The second-order valence-corrected chi connectivity index (χ2v) is 4.65. The molecule has 0 fully saturated rings. The molecule has 0 aliphatic carbocycles. The van der Waals surface area contributed by atoms with Crippen LogP contribution in [0.4, 0.5) is 4.39 Å². The van der Waals surface area contributed by atoms with Crippen molar-refractivity contribution in [3.05, 3.63) is 70.0 Å². The molecule has 2 aromatic rings. The zero-order valence-electron chi connectivity index (χ0n) is 10.2. The quantitative estimate of drug-likeness (QED) is 0.887. The first-order valence-corrected chi connectivity index (χ1v) is 6.29. The van der Waals surface area contributed by atoms with Gasteiger partial charge in [-0.15, -0.1) is 0 Å². The van der Waals surface area contributed by atoms with Crippen LogP contribution < -0.4 is 5.73 Å². The predicted octanol–water partition coefficient (Wildman–Crippen LogP) is 4.09. The van der Waals surface area contributed by atoms with Crippen LogP contribution in [-0.2, 0) is 6.42 Å². The molecular formula is C15H15ClFN. The van der Waals surface area contributed by atoms with Crippen LogP contribution in [0.1, 0.15) is 29.7 Å². The number of aryl methyl sites for hydroxylation is 1. The van der Waals surface area contributed by atoms with Gasteiger partial charge in [-0.25, -0.2) is 4.39 Å². The maximum atomic E-state index is 13.2. The first-order chi connectivity index (χ1) is 8.61. The van der Waals surface area contributed by atoms with Gasteiger partial charge in [-0.05, 0) is 41.3 Å². The molecule has 0 saturated carbocycles. The van der Waals surface area contributed by atoms with Gasteiger partial charge in [0.1, 0.15) is 5.82 Å². The highest BCUT2D eigenvalue weighted by Crippen LogP contribution is 2.27. The summed E-state index contributed by atoms with van der Waals surface area (Å²) in [5.74, 6) is -0.324. The molecule has 0 heterocycles. The van der Waals surface area contributed by atoms with Crippen molar-refractivity contribution in [2.24, 2.45) is 5.73 Å². The summed E-state index contributed by atoms with van der Waals surface area (Å²) < 4.78 is 13.2. The third-order valence-electron chi connectivity index (χ3n) is 3.04. The second-order valence-electron chi connectivity index (χ2n) is 4.24. The van der Waals surface area contributed by atoms with Crippen LogP contribution in [0.3, 0.4) is 0 Å². The van der Waals surface area contributed by atoms with Crippen LogP contribution >= 0.6 is 11.6 Å². The van der Waals surface area contributed by atoms with Crippen molar-refractivity contribution in [3.63, 3.8) is 0 Å². The molecule has 1 nitrogen and oxygen atoms in total. The zero-order valence-corrected chi connectivity index (χ0v) is 10.9. The lowest BCUT2D eigenvalue weighted by Gasteiger charge is -2.14. The summed E-state index contributed by atoms with van der Waals surface area (Å²) in [5, 5.41) is 0.489. The average molecular weight is 264 g/mol. The number of benzene rings is 2. The molecule has 2 N–H and O–H groups in total. The Hall–Kier alpha value is -1.38. The molecule has 2 rings (SSSR count). The van der Waals surface area contributed by atoms with Crippen molar-refractivity contribution >= 4 is 11.6 Å². The minimum atomic E-state index is -0.404. The van der Waals surface area contributed by atoms with Crippen LogP contribution in [0.15, 0.2) is 42.5 Å². The van der Waals surface area contributed by atoms with Gasteiger partial charge in [0.05, 0.1) is 6.04 Å². The lowest BCUT2D eigenvalue weighted by molar-refractivity contribution is 0.623. The molecule has 0 saturated heterocycles. The minimum absolute atomic E-state index is 0.324. The Bertz CT molecular complexity index is 537. The van der Waals surface area contributed by atoms with Gasteiger partial charge >= 0.3 is 0 Å². The molecule has 0 spiro atoms. The van der Waals surface area contributed by atoms with E-state index in [9.17, 15) is 4.39 Å². The van der Waals surface area contributed by atoms with Crippen LogP contribution in [0, 0.1) is 5.82 Å². The Morgan fingerprint density at radius 2 is 1.83 bits per heavy atom. The molecule has 0 aliphatic rings. The highest BCUT2D eigenvalue weighted by atomic mass is 35.5. The Balaban J connectivity index is 2.34. The van der Waals surface area contributed by atoms with Gasteiger partial charge in [-0.1, -0.05) is 42.8 Å². The van der Waals surface area contributed by atoms with Crippen molar-refractivity contribution in [1.29, 1.82) is 0 Å². The number of hydrogen-bond donors (Lipinski definition) is 1. The highest BCUT2D eigenvalue weighted by Gasteiger charge is 2.13. The lowest BCUT2D eigenvalue weighted by Crippen LogP contribution is -2.12. The third-order valence-corrected chi connectivity index (χ3v) is 3.38. The van der Waals surface area contributed by atoms with E-state index in [1.807, 2.05) is 24.3 Å². The molecule has 0 radical (unpaired) electrons. The summed E-state index contributed by atoms with van der Waals surface area (Å²) >= 11 is 6.05. The Morgan fingerprint density at radius 3 is 2.44 bits per heavy atom. The average Bonchev–Trinajstić information content (AvgIpc) is 2.41. The third kappa shape index (κ3) is 2.71. The van der Waals surface area contributed by atoms with Crippen LogP contribution in [0.2, 0.25) is 5.02 Å². The SMILES string of the molecule is CCc1ccc(C(N)c2cc(F)ccc2Cl)cc1. The standard InChI is InChI=1S/C15H15ClFN/c1-2-10-3-5-11(6-4-10)15(18)13-9-12(17)7-8-14(13)16/h3-9,15H,2,18H2,1H3. The fourth-order valence-corrected chi connectivity index (χ4v) is 2.13. The van der Waals surface area contributed by atoms with Gasteiger partial charge in [0, 0.05) is 5.02 Å². The van der Waals surface area contributed by atoms with Gasteiger partial charge < -0.3 is 5.73 Å². The first-order valence-electron chi connectivity index (χ1n) is 5.91. The molecule has 94 valence electrons. The normalized spacial score (nSPS) is 12.4. The van der Waals surface area contributed by atoms with Crippen LogP contribution in [-0.4, -0.2) is 0 Å². The zero-order chi connectivity index (χ0) is 13.1. The van der Waals surface area contributed by atoms with E-state index in [0.29, 0.717) is 10.6 Å². The summed E-state index contributed by atoms with van der Waals surface area (Å²) in [4.78, 5) is 0. The minimum Gasteiger partial charge on any atom is -0.320 e. The molecule has 1 unspecified atom stereocenters. The van der Waals surface area contributed by atoms with Gasteiger partial charge in [0.2, 0.25) is 0 Å². The fourth-order valence-electron chi connectivity index (χ4n) is 1.89. The topological polar surface area (TPSA) is 26.0 Å². The van der Waals surface area contributed by atoms with Crippen molar-refractivity contribution in [3.8, 4) is 0 Å². The van der Waals surface area contributed by atoms with Crippen molar-refractivity contribution < 1.29 is 4.39 Å². The predicted molar refractivity (Wildman–Crippen MR) is 73.3 cm³/mol. The van der Waals surface area contributed by atoms with Crippen LogP contribution in [0.25, 0.3) is 0 Å². The number of halogens is 2. The van der Waals surface area contributed by atoms with E-state index >= 15 is 0 Å². The summed E-state index contributed by atoms with van der Waals surface area (Å²) in [6, 6.07) is 11.8. The smallest absolute Gasteiger partial charge is 0.123 e. The second kappa shape index (κ2) is 5.51. The van der Waals surface area contributed by atoms with Gasteiger partial charge in [-0.3, -0.25) is 0 Å². The van der Waals surface area contributed by atoms with Crippen LogP contribution in [0.5, 0.6) is 0 Å². The molecule has 2 aromatic carbocycles. The Kier molecular flexibility index (Phi) is 4.00. The van der Waals surface area contributed by atoms with E-state index in [1.54, 1.807) is 0 Å². The summed E-state index contributed by atoms with van der Waals surface area (Å²) in [7, 11) is 0. The molecule has 1 atom stereocenters. The molecule has 0 bridgehead atoms. The Morgan fingerprint density at radius 1 is 1.17 bits per heavy atom. The van der Waals surface area contributed by atoms with E-state index in [0.717, 1.165) is 12.0 Å². The van der Waals surface area contributed by atoms with E-state index in [-0.39, 0.29) is 5.82 Å². The molecular weight excluding hydrogens is 249 g/mol. The molecule has 0 aromatic heterocycles. The number of rotatable bonds is 3. The van der Waals surface area contributed by atoms with Gasteiger partial charge in [-0.2, -0.15) is 0 Å². The monoisotopic (exact) mass is 263 g/mol. The highest BCUT2D eigenvalue weighted by molar-refractivity contribution is 6.31. The maximum absolute atomic E-state index is 13.2. The summed E-state index contributed by atoms with van der Waals surface area (Å²) in [6.45, 7) is 2.10. The molecule has 0 aliphatic heterocycles. The molecule has 18 heavy (non-hydrogen) atoms. The van der Waals surface area contributed by atoms with E-state index in [2.05, 4.69) is 6.92 Å². The summed E-state index contributed by atoms with van der Waals surface area (Å²) in [5.41, 5.74) is 8.92. The maximum Gasteiger partial charge on any atom is 0.123 e. The first kappa shape index (κ1) is 13.1. The van der Waals surface area contributed by atoms with E-state index < -0.39 is 6.04 Å². The van der Waals surface area contributed by atoms with Gasteiger partial charge in [0.15, 0.2) is 0 Å². The van der Waals surface area contributed by atoms with Crippen molar-refractivity contribution in [2.45, 2.75) is 19.4 Å². The number of hydrogen-bond acceptors (Lipinski definition) is 1. The van der Waals surface area contributed by atoms with Gasteiger partial charge in [0.25, 0.3) is 0 Å². The largest absolute Gasteiger partial charge is 0.320 e. The number of nitrogens with two attached hydrogens (primary N) is 1. The van der Waals surface area contributed by atoms with Crippen molar-refractivity contribution in [1.82, 2.24) is 0 Å². The summed E-state index contributed by atoms with van der Waals surface area (Å²) in [6.07, 6.45) is 0.982. The molecule has 0 amide bonds. The fraction of sp³-hybridized carbons (Fsp3) is 0.200. The van der Waals surface area contributed by atoms with Crippen molar-refractivity contribution in [2.75, 3.05) is 0 Å². The Labute approximate surface area is 111 Å². The lowest BCUT2D eigenvalue weighted by atomic mass is 9.98. The van der Waals surface area contributed by atoms with E-state index in [4.69, 9.17) is 17.3 Å². The molecule has 3 heteroatoms.